The van der Waals surface area contributed by atoms with Crippen LogP contribution in [0.5, 0.6) is 0 Å². The van der Waals surface area contributed by atoms with Gasteiger partial charge in [-0.05, 0) is 43.7 Å². The quantitative estimate of drug-likeness (QED) is 0.313. The third kappa shape index (κ3) is 4.49. The fourth-order valence-corrected chi connectivity index (χ4v) is 5.87. The Kier molecular flexibility index (Phi) is 6.53. The number of carbonyl (C=O) groups excluding carboxylic acids is 1. The van der Waals surface area contributed by atoms with E-state index in [0.717, 1.165) is 16.5 Å². The van der Waals surface area contributed by atoms with Crippen LogP contribution in [0, 0.1) is 6.92 Å². The van der Waals surface area contributed by atoms with Crippen molar-refractivity contribution < 1.29 is 17.9 Å². The summed E-state index contributed by atoms with van der Waals surface area (Å²) < 4.78 is 36.0. The van der Waals surface area contributed by atoms with Crippen LogP contribution >= 0.6 is 0 Å². The molecule has 0 aliphatic carbocycles. The van der Waals surface area contributed by atoms with Crippen LogP contribution in [0.4, 0.5) is 0 Å². The molecule has 2 aromatic carbocycles. The number of hydrogen-bond donors (Lipinski definition) is 1. The predicted octanol–water partition coefficient (Wildman–Crippen LogP) is 3.90. The molecule has 5 aromatic rings. The smallest absolute Gasteiger partial charge is 0.269 e. The summed E-state index contributed by atoms with van der Waals surface area (Å²) in [5.74, 6) is -0.242. The van der Waals surface area contributed by atoms with E-state index in [-0.39, 0.29) is 10.8 Å². The highest BCUT2D eigenvalue weighted by atomic mass is 32.2. The van der Waals surface area contributed by atoms with Crippen molar-refractivity contribution in [1.82, 2.24) is 24.1 Å². The molecule has 0 spiro atoms. The second kappa shape index (κ2) is 9.79. The molecule has 0 saturated carbocycles. The molecular weight excluding hydrogens is 490 g/mol. The monoisotopic (exact) mass is 517 g/mol. The number of amides is 1. The molecule has 0 fully saturated rings. The van der Waals surface area contributed by atoms with Gasteiger partial charge in [0.25, 0.3) is 15.9 Å². The Morgan fingerprint density at radius 3 is 2.62 bits per heavy atom. The second-order valence-electron chi connectivity index (χ2n) is 8.86. The first-order chi connectivity index (χ1) is 17.8. The van der Waals surface area contributed by atoms with Crippen LogP contribution in [0.15, 0.2) is 71.9 Å². The number of ether oxygens (including phenoxy) is 1. The van der Waals surface area contributed by atoms with Gasteiger partial charge in [0.1, 0.15) is 0 Å². The summed E-state index contributed by atoms with van der Waals surface area (Å²) in [6, 6.07) is 15.4. The number of fused-ring (bicyclic) bond motifs is 3. The van der Waals surface area contributed by atoms with Crippen molar-refractivity contribution in [3.8, 4) is 11.3 Å². The molecule has 3 heterocycles. The number of benzene rings is 2. The number of nitrogens with one attached hydrogen (secondary N) is 1. The van der Waals surface area contributed by atoms with Crippen LogP contribution in [0.25, 0.3) is 33.2 Å². The number of methoxy groups -OCH3 is 1. The third-order valence-corrected chi connectivity index (χ3v) is 7.99. The van der Waals surface area contributed by atoms with Crippen molar-refractivity contribution in [1.29, 1.82) is 0 Å². The van der Waals surface area contributed by atoms with Crippen LogP contribution < -0.4 is 5.32 Å². The molecule has 5 rings (SSSR count). The van der Waals surface area contributed by atoms with Gasteiger partial charge in [-0.25, -0.2) is 17.4 Å². The molecule has 9 nitrogen and oxygen atoms in total. The Morgan fingerprint density at radius 2 is 1.86 bits per heavy atom. The van der Waals surface area contributed by atoms with Gasteiger partial charge in [0.2, 0.25) is 0 Å². The molecule has 0 unspecified atom stereocenters. The molecule has 0 atom stereocenters. The average Bonchev–Trinajstić information content (AvgIpc) is 3.48. The highest BCUT2D eigenvalue weighted by molar-refractivity contribution is 7.90. The Bertz CT molecular complexity index is 1720. The molecule has 3 aromatic heterocycles. The maximum Gasteiger partial charge on any atom is 0.269 e. The topological polar surface area (TPSA) is 108 Å². The first kappa shape index (κ1) is 24.7. The molecule has 37 heavy (non-hydrogen) atoms. The van der Waals surface area contributed by atoms with Gasteiger partial charge in [0.15, 0.2) is 5.65 Å². The maximum absolute atomic E-state index is 14.0. The highest BCUT2D eigenvalue weighted by Gasteiger charge is 2.26. The fourth-order valence-electron chi connectivity index (χ4n) is 4.39. The number of aryl methyl sites for hydroxylation is 2. The zero-order valence-electron chi connectivity index (χ0n) is 20.8. The first-order valence-corrected chi connectivity index (χ1v) is 13.3. The van der Waals surface area contributed by atoms with Crippen molar-refractivity contribution >= 4 is 37.9 Å². The number of aromatic nitrogens is 4. The Morgan fingerprint density at radius 1 is 1.08 bits per heavy atom. The molecule has 0 aliphatic rings. The van der Waals surface area contributed by atoms with Gasteiger partial charge in [-0.2, -0.15) is 5.10 Å². The van der Waals surface area contributed by atoms with Gasteiger partial charge >= 0.3 is 0 Å². The summed E-state index contributed by atoms with van der Waals surface area (Å²) in [6.07, 6.45) is 4.01. The molecule has 10 heteroatoms. The fraction of sp³-hybridized carbons (Fsp3) is 0.222. The summed E-state index contributed by atoms with van der Waals surface area (Å²) in [5, 5.41) is 8.65. The van der Waals surface area contributed by atoms with E-state index in [9.17, 15) is 13.2 Å². The molecule has 0 radical (unpaired) electrons. The minimum Gasteiger partial charge on any atom is -0.385 e. The number of rotatable bonds is 8. The molecule has 0 saturated heterocycles. The van der Waals surface area contributed by atoms with Crippen molar-refractivity contribution in [3.05, 3.63) is 78.1 Å². The Labute approximate surface area is 214 Å². The van der Waals surface area contributed by atoms with Gasteiger partial charge in [-0.15, -0.1) is 0 Å². The van der Waals surface area contributed by atoms with Crippen LogP contribution in [0.1, 0.15) is 22.3 Å². The van der Waals surface area contributed by atoms with E-state index in [1.165, 1.54) is 3.97 Å². The lowest BCUT2D eigenvalue weighted by Crippen LogP contribution is -2.25. The predicted molar refractivity (Wildman–Crippen MR) is 142 cm³/mol. The number of pyridine rings is 1. The van der Waals surface area contributed by atoms with Crippen LogP contribution in [0.3, 0.4) is 0 Å². The SMILES string of the molecule is COCCCNC(=O)c1cccc(-c2cc3c4c(cnc3n2S(=O)(=O)c2ccc(C)cc2)cnn4C)c1. The summed E-state index contributed by atoms with van der Waals surface area (Å²) in [6.45, 7) is 2.92. The summed E-state index contributed by atoms with van der Waals surface area (Å²) >= 11 is 0. The van der Waals surface area contributed by atoms with Crippen molar-refractivity contribution in [2.45, 2.75) is 18.2 Å². The standard InChI is InChI=1S/C27H27N5O4S/c1-18-8-10-22(11-9-18)37(34,35)32-24(15-23-25-21(16-29-26(23)32)17-30-31(25)2)19-6-4-7-20(14-19)27(33)28-12-5-13-36-3/h4,6-11,14-17H,5,12-13H2,1-3H3,(H,28,33). The lowest BCUT2D eigenvalue weighted by Gasteiger charge is -2.13. The van der Waals surface area contributed by atoms with Gasteiger partial charge in [0.05, 0.1) is 22.3 Å². The van der Waals surface area contributed by atoms with E-state index in [2.05, 4.69) is 15.4 Å². The lowest BCUT2D eigenvalue weighted by molar-refractivity contribution is 0.0948. The summed E-state index contributed by atoms with van der Waals surface area (Å²) in [4.78, 5) is 17.5. The van der Waals surface area contributed by atoms with Gasteiger partial charge in [-0.3, -0.25) is 9.48 Å². The number of carbonyl (C=O) groups is 1. The van der Waals surface area contributed by atoms with Crippen molar-refractivity contribution in [2.24, 2.45) is 7.05 Å². The van der Waals surface area contributed by atoms with E-state index >= 15 is 0 Å². The Balaban J connectivity index is 1.70. The number of hydrogen-bond acceptors (Lipinski definition) is 6. The molecular formula is C27H27N5O4S. The minimum atomic E-state index is -4.03. The van der Waals surface area contributed by atoms with Gasteiger partial charge in [-0.1, -0.05) is 29.8 Å². The highest BCUT2D eigenvalue weighted by Crippen LogP contribution is 2.35. The van der Waals surface area contributed by atoms with E-state index in [1.807, 2.05) is 14.0 Å². The van der Waals surface area contributed by atoms with Crippen LogP contribution in [-0.4, -0.2) is 53.3 Å². The molecule has 1 N–H and O–H groups in total. The van der Waals surface area contributed by atoms with E-state index in [4.69, 9.17) is 4.74 Å². The number of nitrogens with zero attached hydrogens (tertiary/aromatic N) is 4. The molecule has 190 valence electrons. The van der Waals surface area contributed by atoms with E-state index in [0.29, 0.717) is 47.4 Å². The van der Waals surface area contributed by atoms with Crippen LogP contribution in [-0.2, 0) is 21.8 Å². The van der Waals surface area contributed by atoms with Crippen molar-refractivity contribution in [3.63, 3.8) is 0 Å². The molecule has 0 bridgehead atoms. The summed E-state index contributed by atoms with van der Waals surface area (Å²) in [5.41, 5.74) is 3.44. The Hall–Kier alpha value is -4.02. The zero-order valence-corrected chi connectivity index (χ0v) is 21.6. The van der Waals surface area contributed by atoms with E-state index < -0.39 is 10.0 Å². The second-order valence-corrected chi connectivity index (χ2v) is 10.6. The molecule has 0 aliphatic heterocycles. The lowest BCUT2D eigenvalue weighted by atomic mass is 10.1. The molecule has 1 amide bonds. The third-order valence-electron chi connectivity index (χ3n) is 6.27. The van der Waals surface area contributed by atoms with E-state index in [1.54, 1.807) is 78.8 Å². The van der Waals surface area contributed by atoms with Gasteiger partial charge < -0.3 is 10.1 Å². The largest absolute Gasteiger partial charge is 0.385 e. The minimum absolute atomic E-state index is 0.149. The normalized spacial score (nSPS) is 11.9. The average molecular weight is 518 g/mol. The maximum atomic E-state index is 14.0. The zero-order chi connectivity index (χ0) is 26.2. The van der Waals surface area contributed by atoms with Crippen LogP contribution in [0.2, 0.25) is 0 Å². The first-order valence-electron chi connectivity index (χ1n) is 11.8. The van der Waals surface area contributed by atoms with Gasteiger partial charge in [0, 0.05) is 55.4 Å². The van der Waals surface area contributed by atoms with Crippen molar-refractivity contribution in [2.75, 3.05) is 20.3 Å². The summed E-state index contributed by atoms with van der Waals surface area (Å²) in [7, 11) is -0.604.